The molecule has 0 bridgehead atoms. The Balaban J connectivity index is 1.86. The SMILES string of the molecule is C=CCOc1ccc(C(=O)OCC2CO2)cc1. The van der Waals surface area contributed by atoms with E-state index >= 15 is 0 Å². The molecule has 0 aliphatic carbocycles. The Morgan fingerprint density at radius 2 is 2.18 bits per heavy atom. The lowest BCUT2D eigenvalue weighted by Crippen LogP contribution is -2.09. The van der Waals surface area contributed by atoms with E-state index in [2.05, 4.69) is 6.58 Å². The summed E-state index contributed by atoms with van der Waals surface area (Å²) in [5, 5.41) is 0. The summed E-state index contributed by atoms with van der Waals surface area (Å²) in [6.45, 7) is 5.01. The second-order valence-electron chi connectivity index (χ2n) is 3.68. The maximum absolute atomic E-state index is 11.6. The van der Waals surface area contributed by atoms with Gasteiger partial charge in [0.2, 0.25) is 0 Å². The van der Waals surface area contributed by atoms with Gasteiger partial charge in [-0.1, -0.05) is 12.7 Å². The monoisotopic (exact) mass is 234 g/mol. The predicted molar refractivity (Wildman–Crippen MR) is 62.2 cm³/mol. The van der Waals surface area contributed by atoms with Gasteiger partial charge in [-0.15, -0.1) is 0 Å². The van der Waals surface area contributed by atoms with Crippen molar-refractivity contribution < 1.29 is 19.0 Å². The standard InChI is InChI=1S/C13H14O4/c1-2-7-15-11-5-3-10(4-6-11)13(14)17-9-12-8-16-12/h2-6,12H,1,7-9H2. The number of hydrogen-bond donors (Lipinski definition) is 0. The Labute approximate surface area is 99.8 Å². The summed E-state index contributed by atoms with van der Waals surface area (Å²) in [5.74, 6) is 0.364. The van der Waals surface area contributed by atoms with Crippen molar-refractivity contribution in [3.63, 3.8) is 0 Å². The molecule has 0 amide bonds. The Morgan fingerprint density at radius 3 is 2.76 bits per heavy atom. The third-order valence-electron chi connectivity index (χ3n) is 2.26. The lowest BCUT2D eigenvalue weighted by Gasteiger charge is -2.05. The fraction of sp³-hybridized carbons (Fsp3) is 0.308. The van der Waals surface area contributed by atoms with Crippen LogP contribution in [0.2, 0.25) is 0 Å². The number of carbonyl (C=O) groups is 1. The number of carbonyl (C=O) groups excluding carboxylic acids is 1. The molecule has 1 saturated heterocycles. The first-order chi connectivity index (χ1) is 8.29. The van der Waals surface area contributed by atoms with Crippen LogP contribution >= 0.6 is 0 Å². The van der Waals surface area contributed by atoms with Crippen LogP contribution in [-0.2, 0) is 9.47 Å². The third kappa shape index (κ3) is 3.60. The van der Waals surface area contributed by atoms with E-state index in [-0.39, 0.29) is 12.1 Å². The molecule has 0 radical (unpaired) electrons. The minimum atomic E-state index is -0.337. The van der Waals surface area contributed by atoms with Crippen LogP contribution in [0.15, 0.2) is 36.9 Å². The van der Waals surface area contributed by atoms with Gasteiger partial charge in [0.05, 0.1) is 12.2 Å². The smallest absolute Gasteiger partial charge is 0.338 e. The number of rotatable bonds is 6. The van der Waals surface area contributed by atoms with Crippen molar-refractivity contribution in [3.8, 4) is 5.75 Å². The quantitative estimate of drug-likeness (QED) is 0.428. The van der Waals surface area contributed by atoms with Crippen molar-refractivity contribution in [2.45, 2.75) is 6.10 Å². The summed E-state index contributed by atoms with van der Waals surface area (Å²) in [6, 6.07) is 6.81. The minimum absolute atomic E-state index is 0.0918. The third-order valence-corrected chi connectivity index (χ3v) is 2.26. The molecule has 1 unspecified atom stereocenters. The van der Waals surface area contributed by atoms with Crippen LogP contribution in [0.4, 0.5) is 0 Å². The van der Waals surface area contributed by atoms with E-state index in [0.717, 1.165) is 0 Å². The Bertz CT molecular complexity index is 392. The van der Waals surface area contributed by atoms with Crippen LogP contribution in [0, 0.1) is 0 Å². The van der Waals surface area contributed by atoms with Gasteiger partial charge in [-0.25, -0.2) is 4.79 Å². The van der Waals surface area contributed by atoms with Gasteiger partial charge in [0.25, 0.3) is 0 Å². The van der Waals surface area contributed by atoms with Crippen LogP contribution < -0.4 is 4.74 Å². The molecule has 1 aromatic rings. The highest BCUT2D eigenvalue weighted by Crippen LogP contribution is 2.14. The van der Waals surface area contributed by atoms with Crippen molar-refractivity contribution in [1.29, 1.82) is 0 Å². The van der Waals surface area contributed by atoms with Crippen molar-refractivity contribution in [2.24, 2.45) is 0 Å². The van der Waals surface area contributed by atoms with Gasteiger partial charge in [0, 0.05) is 0 Å². The maximum Gasteiger partial charge on any atom is 0.338 e. The molecule has 0 saturated carbocycles. The van der Waals surface area contributed by atoms with Gasteiger partial charge < -0.3 is 14.2 Å². The molecule has 2 rings (SSSR count). The summed E-state index contributed by atoms with van der Waals surface area (Å²) in [6.07, 6.45) is 1.76. The molecule has 4 nitrogen and oxygen atoms in total. The minimum Gasteiger partial charge on any atom is -0.490 e. The van der Waals surface area contributed by atoms with E-state index in [1.807, 2.05) is 0 Å². The number of epoxide rings is 1. The zero-order chi connectivity index (χ0) is 12.1. The highest BCUT2D eigenvalue weighted by molar-refractivity contribution is 5.89. The highest BCUT2D eigenvalue weighted by Gasteiger charge is 2.24. The molecule has 4 heteroatoms. The zero-order valence-electron chi connectivity index (χ0n) is 9.43. The summed E-state index contributed by atoms with van der Waals surface area (Å²) < 4.78 is 15.3. The Morgan fingerprint density at radius 1 is 1.47 bits per heavy atom. The van der Waals surface area contributed by atoms with Crippen LogP contribution in [0.3, 0.4) is 0 Å². The first-order valence-corrected chi connectivity index (χ1v) is 5.42. The average Bonchev–Trinajstić information content (AvgIpc) is 3.18. The second kappa shape index (κ2) is 5.50. The van der Waals surface area contributed by atoms with E-state index in [1.54, 1.807) is 30.3 Å². The molecule has 1 atom stereocenters. The number of hydrogen-bond acceptors (Lipinski definition) is 4. The molecule has 1 heterocycles. The van der Waals surface area contributed by atoms with Gasteiger partial charge in [0.1, 0.15) is 25.1 Å². The van der Waals surface area contributed by atoms with Crippen molar-refractivity contribution in [1.82, 2.24) is 0 Å². The molecule has 0 N–H and O–H groups in total. The molecular formula is C13H14O4. The summed E-state index contributed by atoms with van der Waals surface area (Å²) in [4.78, 5) is 11.6. The van der Waals surface area contributed by atoms with E-state index in [4.69, 9.17) is 14.2 Å². The van der Waals surface area contributed by atoms with Crippen molar-refractivity contribution in [3.05, 3.63) is 42.5 Å². The number of esters is 1. The lowest BCUT2D eigenvalue weighted by atomic mass is 10.2. The molecular weight excluding hydrogens is 220 g/mol. The second-order valence-corrected chi connectivity index (χ2v) is 3.68. The summed E-state index contributed by atoms with van der Waals surface area (Å²) >= 11 is 0. The molecule has 1 aliphatic rings. The average molecular weight is 234 g/mol. The van der Waals surface area contributed by atoms with E-state index in [0.29, 0.717) is 31.1 Å². The first-order valence-electron chi connectivity index (χ1n) is 5.42. The van der Waals surface area contributed by atoms with Crippen LogP contribution in [0.25, 0.3) is 0 Å². The maximum atomic E-state index is 11.6. The van der Waals surface area contributed by atoms with Gasteiger partial charge >= 0.3 is 5.97 Å². The summed E-state index contributed by atoms with van der Waals surface area (Å²) in [7, 11) is 0. The zero-order valence-corrected chi connectivity index (χ0v) is 9.43. The van der Waals surface area contributed by atoms with Crippen molar-refractivity contribution in [2.75, 3.05) is 19.8 Å². The van der Waals surface area contributed by atoms with Gasteiger partial charge in [-0.3, -0.25) is 0 Å². The Kier molecular flexibility index (Phi) is 3.77. The molecule has 0 spiro atoms. The van der Waals surface area contributed by atoms with Crippen molar-refractivity contribution >= 4 is 5.97 Å². The predicted octanol–water partition coefficient (Wildman–Crippen LogP) is 1.81. The topological polar surface area (TPSA) is 48.1 Å². The Hall–Kier alpha value is -1.81. The molecule has 1 fully saturated rings. The number of benzene rings is 1. The van der Waals surface area contributed by atoms with E-state index in [9.17, 15) is 4.79 Å². The van der Waals surface area contributed by atoms with E-state index in [1.165, 1.54) is 0 Å². The van der Waals surface area contributed by atoms with Crippen LogP contribution in [0.1, 0.15) is 10.4 Å². The summed E-state index contributed by atoms with van der Waals surface area (Å²) in [5.41, 5.74) is 0.511. The molecule has 90 valence electrons. The van der Waals surface area contributed by atoms with E-state index < -0.39 is 0 Å². The van der Waals surface area contributed by atoms with Crippen LogP contribution in [0.5, 0.6) is 5.75 Å². The van der Waals surface area contributed by atoms with Gasteiger partial charge in [-0.05, 0) is 24.3 Å². The van der Waals surface area contributed by atoms with Crippen LogP contribution in [-0.4, -0.2) is 31.9 Å². The largest absolute Gasteiger partial charge is 0.490 e. The molecule has 1 aromatic carbocycles. The van der Waals surface area contributed by atoms with Gasteiger partial charge in [0.15, 0.2) is 0 Å². The molecule has 17 heavy (non-hydrogen) atoms. The lowest BCUT2D eigenvalue weighted by molar-refractivity contribution is 0.0476. The molecule has 0 aromatic heterocycles. The number of ether oxygens (including phenoxy) is 3. The first kappa shape index (κ1) is 11.7. The fourth-order valence-corrected chi connectivity index (χ4v) is 1.26. The normalized spacial score (nSPS) is 17.3. The highest BCUT2D eigenvalue weighted by atomic mass is 16.6. The van der Waals surface area contributed by atoms with Gasteiger partial charge in [-0.2, -0.15) is 0 Å². The fourth-order valence-electron chi connectivity index (χ4n) is 1.26. The molecule has 1 aliphatic heterocycles.